The molecule has 2 aromatic carbocycles. The molecule has 0 aliphatic heterocycles. The van der Waals surface area contributed by atoms with Crippen molar-refractivity contribution >= 4 is 23.1 Å². The fraction of sp³-hybridized carbons (Fsp3) is 0. The Bertz CT molecular complexity index is 975. The van der Waals surface area contributed by atoms with Crippen LogP contribution >= 0.6 is 11.6 Å². The number of anilines is 1. The van der Waals surface area contributed by atoms with E-state index in [0.717, 1.165) is 22.5 Å². The lowest BCUT2D eigenvalue weighted by Crippen LogP contribution is -1.98. The monoisotopic (exact) mass is 320 g/mol. The van der Waals surface area contributed by atoms with Gasteiger partial charge < -0.3 is 10.1 Å². The molecule has 2 heterocycles. The molecule has 0 saturated carbocycles. The molecule has 0 bridgehead atoms. The van der Waals surface area contributed by atoms with Gasteiger partial charge in [0.1, 0.15) is 0 Å². The lowest BCUT2D eigenvalue weighted by Gasteiger charge is -2.04. The number of benzene rings is 2. The van der Waals surface area contributed by atoms with Gasteiger partial charge in [-0.1, -0.05) is 54.1 Å². The second kappa shape index (κ2) is 5.41. The summed E-state index contributed by atoms with van der Waals surface area (Å²) in [6.45, 7) is 0. The summed E-state index contributed by atoms with van der Waals surface area (Å²) in [7, 11) is 0. The molecule has 2 N–H and O–H groups in total. The van der Waals surface area contributed by atoms with Crippen LogP contribution in [0.4, 0.5) is 5.82 Å². The minimum atomic E-state index is 0.402. The van der Waals surface area contributed by atoms with E-state index in [9.17, 15) is 0 Å². The van der Waals surface area contributed by atoms with Gasteiger partial charge in [-0.25, -0.2) is 9.97 Å². The van der Waals surface area contributed by atoms with Gasteiger partial charge in [0.25, 0.3) is 0 Å². The zero-order valence-electron chi connectivity index (χ0n) is 12.1. The Hall–Kier alpha value is -2.85. The van der Waals surface area contributed by atoms with Crippen molar-refractivity contribution in [2.24, 2.45) is 0 Å². The average molecular weight is 321 g/mol. The third-order valence-corrected chi connectivity index (χ3v) is 3.93. The maximum Gasteiger partial charge on any atom is 0.180 e. The minimum absolute atomic E-state index is 0.402. The first-order valence-electron chi connectivity index (χ1n) is 7.17. The van der Waals surface area contributed by atoms with E-state index in [1.165, 1.54) is 0 Å². The van der Waals surface area contributed by atoms with E-state index in [0.29, 0.717) is 16.5 Å². The van der Waals surface area contributed by atoms with Gasteiger partial charge in [-0.05, 0) is 12.1 Å². The molecular weight excluding hydrogens is 308 g/mol. The summed E-state index contributed by atoms with van der Waals surface area (Å²) in [5.74, 6) is 0.402. The van der Waals surface area contributed by atoms with Crippen molar-refractivity contribution < 1.29 is 0 Å². The Morgan fingerprint density at radius 3 is 2.09 bits per heavy atom. The fourth-order valence-corrected chi connectivity index (χ4v) is 2.66. The van der Waals surface area contributed by atoms with Gasteiger partial charge in [-0.2, -0.15) is 0 Å². The predicted octanol–water partition coefficient (Wildman–Crippen LogP) is 4.30. The standard InChI is InChI=1S/C18H13ClN4/c19-14-8-6-13(7-9-14)15-10-23-11-16(12-4-2-1-3-5-12)22-18(23)17(20)21-15/h1-11H,(H2,20,21). The van der Waals surface area contributed by atoms with E-state index in [1.54, 1.807) is 0 Å². The van der Waals surface area contributed by atoms with Crippen LogP contribution in [0.2, 0.25) is 5.02 Å². The highest BCUT2D eigenvalue weighted by atomic mass is 35.5. The number of nitrogens with zero attached hydrogens (tertiary/aromatic N) is 3. The molecule has 0 spiro atoms. The lowest BCUT2D eigenvalue weighted by molar-refractivity contribution is 1.14. The first-order valence-corrected chi connectivity index (χ1v) is 7.55. The Kier molecular flexibility index (Phi) is 3.24. The zero-order chi connectivity index (χ0) is 15.8. The van der Waals surface area contributed by atoms with Gasteiger partial charge in [0.2, 0.25) is 0 Å². The van der Waals surface area contributed by atoms with Crippen LogP contribution in [-0.2, 0) is 0 Å². The number of aromatic nitrogens is 3. The van der Waals surface area contributed by atoms with Crippen LogP contribution in [0.25, 0.3) is 28.2 Å². The van der Waals surface area contributed by atoms with Crippen LogP contribution in [0.3, 0.4) is 0 Å². The van der Waals surface area contributed by atoms with Crippen molar-refractivity contribution in [2.75, 3.05) is 5.73 Å². The Balaban J connectivity index is 1.86. The Morgan fingerprint density at radius 1 is 0.783 bits per heavy atom. The van der Waals surface area contributed by atoms with Gasteiger partial charge in [0.15, 0.2) is 11.5 Å². The van der Waals surface area contributed by atoms with Gasteiger partial charge in [-0.3, -0.25) is 0 Å². The number of rotatable bonds is 2. The van der Waals surface area contributed by atoms with E-state index < -0.39 is 0 Å². The van der Waals surface area contributed by atoms with Crippen LogP contribution in [0.5, 0.6) is 0 Å². The second-order valence-corrected chi connectivity index (χ2v) is 5.68. The summed E-state index contributed by atoms with van der Waals surface area (Å²) in [5, 5.41) is 0.691. The number of halogens is 1. The van der Waals surface area contributed by atoms with Crippen LogP contribution in [0, 0.1) is 0 Å². The number of imidazole rings is 1. The van der Waals surface area contributed by atoms with Crippen molar-refractivity contribution in [3.05, 3.63) is 72.0 Å². The van der Waals surface area contributed by atoms with E-state index in [-0.39, 0.29) is 0 Å². The third-order valence-electron chi connectivity index (χ3n) is 3.67. The molecule has 0 aliphatic rings. The molecule has 0 unspecified atom stereocenters. The van der Waals surface area contributed by atoms with Crippen molar-refractivity contribution in [1.82, 2.24) is 14.4 Å². The molecule has 0 amide bonds. The molecule has 5 heteroatoms. The van der Waals surface area contributed by atoms with Crippen molar-refractivity contribution in [1.29, 1.82) is 0 Å². The highest BCUT2D eigenvalue weighted by molar-refractivity contribution is 6.30. The van der Waals surface area contributed by atoms with Crippen LogP contribution in [-0.4, -0.2) is 14.4 Å². The first-order chi connectivity index (χ1) is 11.2. The number of hydrogen-bond donors (Lipinski definition) is 1. The highest BCUT2D eigenvalue weighted by Crippen LogP contribution is 2.25. The summed E-state index contributed by atoms with van der Waals surface area (Å²) in [4.78, 5) is 9.05. The van der Waals surface area contributed by atoms with Crippen molar-refractivity contribution in [3.8, 4) is 22.5 Å². The van der Waals surface area contributed by atoms with E-state index in [1.807, 2.05) is 71.4 Å². The largest absolute Gasteiger partial charge is 0.381 e. The summed E-state index contributed by atoms with van der Waals surface area (Å²) < 4.78 is 1.91. The number of fused-ring (bicyclic) bond motifs is 1. The molecular formula is C18H13ClN4. The molecule has 0 saturated heterocycles. The van der Waals surface area contributed by atoms with E-state index in [4.69, 9.17) is 17.3 Å². The fourth-order valence-electron chi connectivity index (χ4n) is 2.53. The SMILES string of the molecule is Nc1nc(-c2ccc(Cl)cc2)cn2cc(-c3ccccc3)nc12. The van der Waals surface area contributed by atoms with Gasteiger partial charge in [0.05, 0.1) is 11.4 Å². The normalized spacial score (nSPS) is 11.0. The quantitative estimate of drug-likeness (QED) is 0.599. The number of hydrogen-bond acceptors (Lipinski definition) is 3. The summed E-state index contributed by atoms with van der Waals surface area (Å²) in [6, 6.07) is 17.5. The Labute approximate surface area is 138 Å². The molecule has 4 nitrogen and oxygen atoms in total. The summed E-state index contributed by atoms with van der Waals surface area (Å²) in [5.41, 5.74) is 10.4. The molecule has 112 valence electrons. The van der Waals surface area contributed by atoms with Gasteiger partial charge in [-0.15, -0.1) is 0 Å². The minimum Gasteiger partial charge on any atom is -0.381 e. The molecule has 4 aromatic rings. The molecule has 0 atom stereocenters. The highest BCUT2D eigenvalue weighted by Gasteiger charge is 2.10. The van der Waals surface area contributed by atoms with Crippen LogP contribution < -0.4 is 5.73 Å². The van der Waals surface area contributed by atoms with Crippen molar-refractivity contribution in [2.45, 2.75) is 0 Å². The van der Waals surface area contributed by atoms with Crippen LogP contribution in [0.15, 0.2) is 67.0 Å². The van der Waals surface area contributed by atoms with Crippen LogP contribution in [0.1, 0.15) is 0 Å². The molecule has 0 aliphatic carbocycles. The van der Waals surface area contributed by atoms with Gasteiger partial charge in [0, 0.05) is 28.5 Å². The smallest absolute Gasteiger partial charge is 0.180 e. The summed E-state index contributed by atoms with van der Waals surface area (Å²) >= 11 is 5.94. The topological polar surface area (TPSA) is 56.2 Å². The maximum absolute atomic E-state index is 6.10. The lowest BCUT2D eigenvalue weighted by atomic mass is 10.1. The number of nitrogen functional groups attached to an aromatic ring is 1. The maximum atomic E-state index is 6.10. The van der Waals surface area contributed by atoms with E-state index in [2.05, 4.69) is 9.97 Å². The molecule has 0 fully saturated rings. The van der Waals surface area contributed by atoms with E-state index >= 15 is 0 Å². The third kappa shape index (κ3) is 2.53. The summed E-state index contributed by atoms with van der Waals surface area (Å²) in [6.07, 6.45) is 3.89. The molecule has 23 heavy (non-hydrogen) atoms. The second-order valence-electron chi connectivity index (χ2n) is 5.24. The molecule has 4 rings (SSSR count). The Morgan fingerprint density at radius 2 is 1.39 bits per heavy atom. The predicted molar refractivity (Wildman–Crippen MR) is 93.3 cm³/mol. The molecule has 0 radical (unpaired) electrons. The zero-order valence-corrected chi connectivity index (χ0v) is 12.9. The number of nitrogens with two attached hydrogens (primary N) is 1. The van der Waals surface area contributed by atoms with Gasteiger partial charge >= 0.3 is 0 Å². The first kappa shape index (κ1) is 13.8. The average Bonchev–Trinajstić information content (AvgIpc) is 3.01. The molecule has 2 aromatic heterocycles. The van der Waals surface area contributed by atoms with Crippen molar-refractivity contribution in [3.63, 3.8) is 0 Å².